The molecule has 6 heteroatoms. The summed E-state index contributed by atoms with van der Waals surface area (Å²) in [4.78, 5) is 19.5. The Morgan fingerprint density at radius 3 is 2.04 bits per heavy atom. The van der Waals surface area contributed by atoms with Crippen LogP contribution in [-0.4, -0.2) is 28.7 Å². The Hall–Kier alpha value is -1.16. The van der Waals surface area contributed by atoms with Gasteiger partial charge in [0.05, 0.1) is 6.61 Å². The van der Waals surface area contributed by atoms with E-state index in [1.807, 2.05) is 13.0 Å². The standard InChI is InChI=1S/C17H29O5P/c1-14(2)7-5-8-15(3)9-6-10-16(4)11-12-22-13-23(20,21)17(18)19/h7,9,11H,5-6,8,10,12-13H2,1-4H3,(H,18,19)(H,20,21)/b15-9+,16-11+. The minimum Gasteiger partial charge on any atom is -0.474 e. The lowest BCUT2D eigenvalue weighted by molar-refractivity contribution is 0.188. The molecule has 0 amide bonds. The number of rotatable bonds is 11. The number of hydrogen-bond acceptors (Lipinski definition) is 3. The van der Waals surface area contributed by atoms with E-state index in [-0.39, 0.29) is 6.61 Å². The molecule has 0 heterocycles. The fourth-order valence-corrected chi connectivity index (χ4v) is 2.24. The van der Waals surface area contributed by atoms with Crippen molar-refractivity contribution in [2.75, 3.05) is 13.0 Å². The predicted molar refractivity (Wildman–Crippen MR) is 94.1 cm³/mol. The van der Waals surface area contributed by atoms with Crippen LogP contribution in [0.5, 0.6) is 0 Å². The van der Waals surface area contributed by atoms with Crippen molar-refractivity contribution in [2.45, 2.75) is 53.4 Å². The van der Waals surface area contributed by atoms with Gasteiger partial charge in [-0.05, 0) is 53.4 Å². The van der Waals surface area contributed by atoms with E-state index in [0.29, 0.717) is 0 Å². The average molecular weight is 344 g/mol. The van der Waals surface area contributed by atoms with Gasteiger partial charge in [-0.15, -0.1) is 0 Å². The number of carbonyl (C=O) groups is 1. The van der Waals surface area contributed by atoms with Gasteiger partial charge in [-0.25, -0.2) is 4.79 Å². The van der Waals surface area contributed by atoms with E-state index in [2.05, 4.69) is 32.9 Å². The molecular weight excluding hydrogens is 315 g/mol. The number of allylic oxidation sites excluding steroid dienone is 5. The Kier molecular flexibility index (Phi) is 10.8. The molecule has 2 N–H and O–H groups in total. The zero-order valence-electron chi connectivity index (χ0n) is 14.5. The van der Waals surface area contributed by atoms with Crippen LogP contribution in [0.3, 0.4) is 0 Å². The second-order valence-corrected chi connectivity index (χ2v) is 7.99. The molecule has 0 aliphatic carbocycles. The summed E-state index contributed by atoms with van der Waals surface area (Å²) in [5.41, 5.74) is 2.11. The van der Waals surface area contributed by atoms with Crippen LogP contribution in [0.25, 0.3) is 0 Å². The van der Waals surface area contributed by atoms with Gasteiger partial charge >= 0.3 is 13.1 Å². The monoisotopic (exact) mass is 344 g/mol. The van der Waals surface area contributed by atoms with Crippen molar-refractivity contribution in [3.05, 3.63) is 34.9 Å². The first-order valence-corrected chi connectivity index (χ1v) is 9.57. The average Bonchev–Trinajstić information content (AvgIpc) is 2.43. The second kappa shape index (κ2) is 11.4. The third-order valence-corrected chi connectivity index (χ3v) is 4.37. The molecule has 1 atom stereocenters. The van der Waals surface area contributed by atoms with Crippen LogP contribution in [0.2, 0.25) is 0 Å². The lowest BCUT2D eigenvalue weighted by atomic mass is 10.1. The van der Waals surface area contributed by atoms with Crippen molar-refractivity contribution in [2.24, 2.45) is 0 Å². The molecule has 23 heavy (non-hydrogen) atoms. The third-order valence-electron chi connectivity index (χ3n) is 3.24. The van der Waals surface area contributed by atoms with Gasteiger partial charge in [-0.2, -0.15) is 0 Å². The van der Waals surface area contributed by atoms with Crippen molar-refractivity contribution in [1.82, 2.24) is 0 Å². The van der Waals surface area contributed by atoms with Crippen LogP contribution in [-0.2, 0) is 9.30 Å². The maximum absolute atomic E-state index is 11.1. The molecule has 0 aromatic rings. The maximum Gasteiger partial charge on any atom is 0.391 e. The highest BCUT2D eigenvalue weighted by molar-refractivity contribution is 7.74. The third kappa shape index (κ3) is 12.0. The minimum absolute atomic E-state index is 0.146. The summed E-state index contributed by atoms with van der Waals surface area (Å²) in [7, 11) is -4.23. The van der Waals surface area contributed by atoms with Crippen molar-refractivity contribution >= 4 is 13.1 Å². The van der Waals surface area contributed by atoms with E-state index in [1.165, 1.54) is 11.1 Å². The molecule has 0 fully saturated rings. The minimum atomic E-state index is -4.23. The van der Waals surface area contributed by atoms with Gasteiger partial charge in [0.1, 0.15) is 6.35 Å². The van der Waals surface area contributed by atoms with Crippen molar-refractivity contribution < 1.29 is 24.1 Å². The summed E-state index contributed by atoms with van der Waals surface area (Å²) < 4.78 is 16.1. The summed E-state index contributed by atoms with van der Waals surface area (Å²) in [5, 5.41) is 8.49. The van der Waals surface area contributed by atoms with Gasteiger partial charge < -0.3 is 14.7 Å². The van der Waals surface area contributed by atoms with E-state index >= 15 is 0 Å². The molecule has 0 aliphatic rings. The van der Waals surface area contributed by atoms with E-state index in [4.69, 9.17) is 14.7 Å². The Bertz CT molecular complexity index is 513. The molecule has 0 radical (unpaired) electrons. The Balaban J connectivity index is 4.01. The lowest BCUT2D eigenvalue weighted by Crippen LogP contribution is -2.03. The highest BCUT2D eigenvalue weighted by Crippen LogP contribution is 2.40. The molecule has 0 saturated carbocycles. The Morgan fingerprint density at radius 2 is 1.52 bits per heavy atom. The fourth-order valence-electron chi connectivity index (χ4n) is 1.77. The van der Waals surface area contributed by atoms with Crippen LogP contribution in [0.1, 0.15) is 53.4 Å². The highest BCUT2D eigenvalue weighted by atomic mass is 31.2. The first kappa shape index (κ1) is 21.8. The number of ether oxygens (including phenoxy) is 1. The molecule has 0 aromatic carbocycles. The molecule has 132 valence electrons. The van der Waals surface area contributed by atoms with Crippen molar-refractivity contribution in [3.63, 3.8) is 0 Å². The first-order valence-electron chi connectivity index (χ1n) is 7.73. The van der Waals surface area contributed by atoms with Gasteiger partial charge in [-0.3, -0.25) is 4.57 Å². The van der Waals surface area contributed by atoms with Crippen molar-refractivity contribution in [1.29, 1.82) is 0 Å². The van der Waals surface area contributed by atoms with E-state index < -0.39 is 19.4 Å². The quantitative estimate of drug-likeness (QED) is 0.301. The van der Waals surface area contributed by atoms with E-state index in [0.717, 1.165) is 31.3 Å². The Morgan fingerprint density at radius 1 is 1.00 bits per heavy atom. The molecule has 0 aliphatic heterocycles. The molecular formula is C17H29O5P. The van der Waals surface area contributed by atoms with Crippen LogP contribution in [0, 0.1) is 0 Å². The number of hydrogen-bond donors (Lipinski definition) is 2. The molecule has 5 nitrogen and oxygen atoms in total. The smallest absolute Gasteiger partial charge is 0.391 e. The summed E-state index contributed by atoms with van der Waals surface area (Å²) in [6.07, 6.45) is 9.58. The van der Waals surface area contributed by atoms with Crippen LogP contribution >= 0.6 is 7.37 Å². The van der Waals surface area contributed by atoms with Crippen LogP contribution < -0.4 is 0 Å². The summed E-state index contributed by atoms with van der Waals surface area (Å²) in [6, 6.07) is 0. The summed E-state index contributed by atoms with van der Waals surface area (Å²) in [6.45, 7) is 8.44. The SMILES string of the molecule is CC(C)=CCC/C(C)=C/CC/C(C)=C/COCP(=O)(O)C(=O)O. The molecule has 0 spiro atoms. The molecule has 0 saturated heterocycles. The first-order chi connectivity index (χ1) is 10.6. The molecule has 1 unspecified atom stereocenters. The van der Waals surface area contributed by atoms with Gasteiger partial charge in [-0.1, -0.05) is 34.9 Å². The van der Waals surface area contributed by atoms with Crippen LogP contribution in [0.4, 0.5) is 4.79 Å². The molecule has 0 rings (SSSR count). The normalized spacial score (nSPS) is 15.2. The lowest BCUT2D eigenvalue weighted by Gasteiger charge is -2.06. The van der Waals surface area contributed by atoms with Gasteiger partial charge in [0.25, 0.3) is 0 Å². The molecule has 0 aromatic heterocycles. The number of carboxylic acid groups (broad SMARTS) is 1. The predicted octanol–water partition coefficient (Wildman–Crippen LogP) is 5.33. The Labute approximate surface area is 139 Å². The van der Waals surface area contributed by atoms with E-state index in [1.54, 1.807) is 0 Å². The topological polar surface area (TPSA) is 83.8 Å². The van der Waals surface area contributed by atoms with E-state index in [9.17, 15) is 9.36 Å². The summed E-state index contributed by atoms with van der Waals surface area (Å²) in [5.74, 6) is 0. The maximum atomic E-state index is 11.1. The van der Waals surface area contributed by atoms with Crippen molar-refractivity contribution in [3.8, 4) is 0 Å². The molecule has 0 bridgehead atoms. The summed E-state index contributed by atoms with van der Waals surface area (Å²) >= 11 is 0. The zero-order valence-corrected chi connectivity index (χ0v) is 15.4. The fraction of sp³-hybridized carbons (Fsp3) is 0.588. The largest absolute Gasteiger partial charge is 0.474 e. The van der Waals surface area contributed by atoms with Gasteiger partial charge in [0.2, 0.25) is 0 Å². The highest BCUT2D eigenvalue weighted by Gasteiger charge is 2.28. The second-order valence-electron chi connectivity index (χ2n) is 5.94. The van der Waals surface area contributed by atoms with Gasteiger partial charge in [0, 0.05) is 0 Å². The van der Waals surface area contributed by atoms with Crippen LogP contribution in [0.15, 0.2) is 34.9 Å². The van der Waals surface area contributed by atoms with Gasteiger partial charge in [0.15, 0.2) is 0 Å². The zero-order chi connectivity index (χ0) is 17.9.